The molecule has 0 saturated carbocycles. The van der Waals surface area contributed by atoms with Crippen molar-refractivity contribution in [1.82, 2.24) is 4.98 Å². The molecule has 1 heterocycles. The smallest absolute Gasteiger partial charge is 0.164 e. The normalized spacial score (nSPS) is 11.9. The van der Waals surface area contributed by atoms with Crippen LogP contribution in [-0.4, -0.2) is 16.6 Å². The van der Waals surface area contributed by atoms with Gasteiger partial charge in [0.25, 0.3) is 0 Å². The van der Waals surface area contributed by atoms with Crippen molar-refractivity contribution in [3.8, 4) is 0 Å². The Kier molecular flexibility index (Phi) is 9.63. The van der Waals surface area contributed by atoms with Crippen molar-refractivity contribution in [3.05, 3.63) is 71.6 Å². The average Bonchev–Trinajstić information content (AvgIpc) is 3.26. The molecule has 1 N–H and O–H groups in total. The van der Waals surface area contributed by atoms with E-state index in [1.807, 2.05) is 6.07 Å². The van der Waals surface area contributed by atoms with Crippen molar-refractivity contribution in [2.24, 2.45) is 5.92 Å². The maximum absolute atomic E-state index is 12.4. The van der Waals surface area contributed by atoms with E-state index < -0.39 is 0 Å². The molecule has 0 aliphatic heterocycles. The number of aromatic nitrogens is 1. The zero-order valence-corrected chi connectivity index (χ0v) is 18.0. The van der Waals surface area contributed by atoms with Crippen LogP contribution in [-0.2, 0) is 11.2 Å². The number of carbonyl (C=O) groups is 2. The Labute approximate surface area is 175 Å². The van der Waals surface area contributed by atoms with E-state index in [9.17, 15) is 9.59 Å². The largest absolute Gasteiger partial charge is 0.367 e. The van der Waals surface area contributed by atoms with Gasteiger partial charge in [-0.15, -0.1) is 0 Å². The molecule has 0 amide bonds. The Bertz CT molecular complexity index is 772. The summed E-state index contributed by atoms with van der Waals surface area (Å²) in [6.07, 6.45) is 11.4. The van der Waals surface area contributed by atoms with Gasteiger partial charge in [-0.05, 0) is 55.7 Å². The number of H-pyrrole nitrogens is 1. The van der Waals surface area contributed by atoms with Crippen molar-refractivity contribution >= 4 is 11.6 Å². The summed E-state index contributed by atoms with van der Waals surface area (Å²) >= 11 is 0. The number of hydrogen-bond donors (Lipinski definition) is 1. The Morgan fingerprint density at radius 1 is 1.00 bits per heavy atom. The van der Waals surface area contributed by atoms with Gasteiger partial charge in [0.2, 0.25) is 0 Å². The van der Waals surface area contributed by atoms with Gasteiger partial charge in [-0.2, -0.15) is 0 Å². The van der Waals surface area contributed by atoms with E-state index in [1.165, 1.54) is 11.1 Å². The number of rotatable bonds is 14. The quantitative estimate of drug-likeness (QED) is 0.289. The first-order valence-electron chi connectivity index (χ1n) is 10.9. The Hall–Kier alpha value is -2.42. The summed E-state index contributed by atoms with van der Waals surface area (Å²) in [4.78, 5) is 27.5. The van der Waals surface area contributed by atoms with Crippen molar-refractivity contribution in [3.63, 3.8) is 0 Å². The minimum absolute atomic E-state index is 0.184. The van der Waals surface area contributed by atoms with Crippen LogP contribution in [0.3, 0.4) is 0 Å². The van der Waals surface area contributed by atoms with Gasteiger partial charge in [-0.3, -0.25) is 9.59 Å². The molecule has 156 valence electrons. The standard InChI is InChI=1S/C26H35NO2/c1-4-6-22(7-5-8-26(29)24-17-18-27-19-24)14-11-21(3)25(28)16-15-23-12-9-20(2)10-13-23/h9-10,12-13,17-19,22,27H,3-8,11,14-16H2,1-2H3. The molecule has 0 spiro atoms. The molecule has 0 saturated heterocycles. The van der Waals surface area contributed by atoms with Gasteiger partial charge in [-0.1, -0.05) is 62.6 Å². The van der Waals surface area contributed by atoms with Crippen molar-refractivity contribution in [1.29, 1.82) is 0 Å². The zero-order chi connectivity index (χ0) is 21.1. The molecule has 0 radical (unpaired) electrons. The summed E-state index contributed by atoms with van der Waals surface area (Å²) in [5.74, 6) is 0.946. The van der Waals surface area contributed by atoms with Crippen LogP contribution in [0.5, 0.6) is 0 Å². The summed E-state index contributed by atoms with van der Waals surface area (Å²) < 4.78 is 0. The van der Waals surface area contributed by atoms with Gasteiger partial charge >= 0.3 is 0 Å². The summed E-state index contributed by atoms with van der Waals surface area (Å²) in [5, 5.41) is 0. The molecule has 2 rings (SSSR count). The highest BCUT2D eigenvalue weighted by Gasteiger charge is 2.14. The van der Waals surface area contributed by atoms with E-state index in [-0.39, 0.29) is 11.6 Å². The van der Waals surface area contributed by atoms with Gasteiger partial charge < -0.3 is 4.98 Å². The number of carbonyl (C=O) groups excluding carboxylic acids is 2. The molecule has 3 nitrogen and oxygen atoms in total. The van der Waals surface area contributed by atoms with Crippen LogP contribution >= 0.6 is 0 Å². The maximum atomic E-state index is 12.4. The zero-order valence-electron chi connectivity index (χ0n) is 18.0. The van der Waals surface area contributed by atoms with Crippen molar-refractivity contribution < 1.29 is 9.59 Å². The van der Waals surface area contributed by atoms with E-state index >= 15 is 0 Å². The molecule has 1 unspecified atom stereocenters. The fraction of sp³-hybridized carbons (Fsp3) is 0.462. The highest BCUT2D eigenvalue weighted by atomic mass is 16.1. The molecule has 1 aromatic carbocycles. The summed E-state index contributed by atoms with van der Waals surface area (Å²) in [6, 6.07) is 10.2. The first kappa shape index (κ1) is 22.9. The van der Waals surface area contributed by atoms with Crippen LogP contribution in [0.2, 0.25) is 0 Å². The fourth-order valence-corrected chi connectivity index (χ4v) is 3.74. The Morgan fingerprint density at radius 2 is 1.76 bits per heavy atom. The number of aryl methyl sites for hydroxylation is 2. The van der Waals surface area contributed by atoms with E-state index in [0.717, 1.165) is 56.1 Å². The number of nitrogens with one attached hydrogen (secondary N) is 1. The minimum atomic E-state index is 0.184. The second kappa shape index (κ2) is 12.2. The predicted molar refractivity (Wildman–Crippen MR) is 120 cm³/mol. The maximum Gasteiger partial charge on any atom is 0.164 e. The second-order valence-electron chi connectivity index (χ2n) is 8.12. The molecule has 1 aromatic heterocycles. The molecule has 2 aromatic rings. The SMILES string of the molecule is C=C(CCC(CCC)CCCC(=O)c1cc[nH]c1)C(=O)CCc1ccc(C)cc1. The fourth-order valence-electron chi connectivity index (χ4n) is 3.74. The topological polar surface area (TPSA) is 49.9 Å². The van der Waals surface area contributed by atoms with Gasteiger partial charge in [0.15, 0.2) is 11.6 Å². The van der Waals surface area contributed by atoms with Crippen LogP contribution < -0.4 is 0 Å². The number of allylic oxidation sites excluding steroid dienone is 1. The lowest BCUT2D eigenvalue weighted by molar-refractivity contribution is -0.115. The lowest BCUT2D eigenvalue weighted by atomic mass is 9.89. The van der Waals surface area contributed by atoms with Crippen LogP contribution in [0, 0.1) is 12.8 Å². The molecular weight excluding hydrogens is 358 g/mol. The average molecular weight is 394 g/mol. The Balaban J connectivity index is 1.70. The van der Waals surface area contributed by atoms with Gasteiger partial charge in [-0.25, -0.2) is 0 Å². The number of aromatic amines is 1. The monoisotopic (exact) mass is 393 g/mol. The first-order chi connectivity index (χ1) is 14.0. The number of hydrogen-bond acceptors (Lipinski definition) is 2. The molecule has 0 aliphatic carbocycles. The number of ketones is 2. The third-order valence-electron chi connectivity index (χ3n) is 5.64. The van der Waals surface area contributed by atoms with Crippen LogP contribution in [0.1, 0.15) is 79.8 Å². The summed E-state index contributed by atoms with van der Waals surface area (Å²) in [6.45, 7) is 8.31. The van der Waals surface area contributed by atoms with Crippen molar-refractivity contribution in [2.45, 2.75) is 71.6 Å². The minimum Gasteiger partial charge on any atom is -0.367 e. The first-order valence-corrected chi connectivity index (χ1v) is 10.9. The number of benzene rings is 1. The van der Waals surface area contributed by atoms with E-state index in [1.54, 1.807) is 12.4 Å². The van der Waals surface area contributed by atoms with E-state index in [0.29, 0.717) is 18.8 Å². The van der Waals surface area contributed by atoms with Crippen LogP contribution in [0.15, 0.2) is 54.9 Å². The molecule has 3 heteroatoms. The molecule has 0 fully saturated rings. The number of Topliss-reactive ketones (excluding diaryl/α,β-unsaturated/α-hetero) is 2. The van der Waals surface area contributed by atoms with Gasteiger partial charge in [0.1, 0.15) is 0 Å². The van der Waals surface area contributed by atoms with Crippen LogP contribution in [0.25, 0.3) is 0 Å². The predicted octanol–water partition coefficient (Wildman–Crippen LogP) is 6.63. The molecule has 0 bridgehead atoms. The van der Waals surface area contributed by atoms with Crippen molar-refractivity contribution in [2.75, 3.05) is 0 Å². The Morgan fingerprint density at radius 3 is 2.41 bits per heavy atom. The van der Waals surface area contributed by atoms with E-state index in [4.69, 9.17) is 0 Å². The van der Waals surface area contributed by atoms with Gasteiger partial charge in [0, 0.05) is 30.8 Å². The third-order valence-corrected chi connectivity index (χ3v) is 5.64. The summed E-state index contributed by atoms with van der Waals surface area (Å²) in [7, 11) is 0. The van der Waals surface area contributed by atoms with Crippen LogP contribution in [0.4, 0.5) is 0 Å². The molecular formula is C26H35NO2. The lowest BCUT2D eigenvalue weighted by Crippen LogP contribution is -2.08. The summed E-state index contributed by atoms with van der Waals surface area (Å²) in [5.41, 5.74) is 3.96. The second-order valence-corrected chi connectivity index (χ2v) is 8.12. The van der Waals surface area contributed by atoms with Gasteiger partial charge in [0.05, 0.1) is 0 Å². The highest BCUT2D eigenvalue weighted by molar-refractivity contribution is 5.95. The third kappa shape index (κ3) is 8.23. The lowest BCUT2D eigenvalue weighted by Gasteiger charge is -2.16. The molecule has 1 atom stereocenters. The molecule has 0 aliphatic rings. The molecule has 29 heavy (non-hydrogen) atoms. The van der Waals surface area contributed by atoms with E-state index in [2.05, 4.69) is 49.7 Å². The highest BCUT2D eigenvalue weighted by Crippen LogP contribution is 2.24.